The molecule has 0 aromatic heterocycles. The molecule has 0 saturated carbocycles. The van der Waals surface area contributed by atoms with E-state index in [1.807, 2.05) is 6.92 Å². The van der Waals surface area contributed by atoms with Crippen molar-refractivity contribution in [3.8, 4) is 11.5 Å². The van der Waals surface area contributed by atoms with Crippen molar-refractivity contribution in [1.29, 1.82) is 0 Å². The van der Waals surface area contributed by atoms with Gasteiger partial charge in [0.2, 0.25) is 0 Å². The number of hydrogen-bond acceptors (Lipinski definition) is 5. The van der Waals surface area contributed by atoms with Crippen LogP contribution in [0.5, 0.6) is 11.5 Å². The van der Waals surface area contributed by atoms with Gasteiger partial charge in [-0.05, 0) is 31.5 Å². The fraction of sp³-hybridized carbons (Fsp3) is 0.429. The first-order valence-corrected chi connectivity index (χ1v) is 6.16. The molecular weight excluding hydrogens is 248 g/mol. The summed E-state index contributed by atoms with van der Waals surface area (Å²) in [5.74, 6) is -0.590. The van der Waals surface area contributed by atoms with Gasteiger partial charge in [-0.2, -0.15) is 0 Å². The summed E-state index contributed by atoms with van der Waals surface area (Å²) in [7, 11) is 1.51. The Kier molecular flexibility index (Phi) is 5.85. The number of ether oxygens (including phenoxy) is 3. The minimum Gasteiger partial charge on any atom is -0.493 e. The van der Waals surface area contributed by atoms with Crippen LogP contribution >= 0.6 is 0 Å². The van der Waals surface area contributed by atoms with Crippen molar-refractivity contribution in [2.45, 2.75) is 20.3 Å². The molecule has 0 radical (unpaired) electrons. The third kappa shape index (κ3) is 3.98. The number of hydrogen-bond donors (Lipinski definition) is 0. The fourth-order valence-electron chi connectivity index (χ4n) is 1.46. The number of carbonyl (C=O) groups is 2. The van der Waals surface area contributed by atoms with Crippen molar-refractivity contribution in [3.63, 3.8) is 0 Å². The van der Waals surface area contributed by atoms with Crippen molar-refractivity contribution in [3.05, 3.63) is 23.8 Å². The third-order valence-electron chi connectivity index (χ3n) is 2.35. The second-order valence-corrected chi connectivity index (χ2v) is 3.76. The zero-order valence-corrected chi connectivity index (χ0v) is 11.4. The Hall–Kier alpha value is -2.04. The molecule has 0 bridgehead atoms. The van der Waals surface area contributed by atoms with Crippen molar-refractivity contribution in [2.75, 3.05) is 20.3 Å². The summed E-state index contributed by atoms with van der Waals surface area (Å²) in [6, 6.07) is 4.60. The molecule has 0 spiro atoms. The smallest absolute Gasteiger partial charge is 0.379 e. The molecular formula is C14H18O5. The van der Waals surface area contributed by atoms with Crippen LogP contribution in [0.25, 0.3) is 0 Å². The monoisotopic (exact) mass is 266 g/mol. The van der Waals surface area contributed by atoms with E-state index >= 15 is 0 Å². The molecule has 0 saturated heterocycles. The van der Waals surface area contributed by atoms with Gasteiger partial charge in [0, 0.05) is 5.56 Å². The van der Waals surface area contributed by atoms with Crippen LogP contribution < -0.4 is 9.47 Å². The topological polar surface area (TPSA) is 61.8 Å². The third-order valence-corrected chi connectivity index (χ3v) is 2.35. The second kappa shape index (κ2) is 7.41. The molecule has 1 aromatic carbocycles. The highest BCUT2D eigenvalue weighted by atomic mass is 16.5. The van der Waals surface area contributed by atoms with Crippen molar-refractivity contribution < 1.29 is 23.8 Å². The van der Waals surface area contributed by atoms with E-state index in [4.69, 9.17) is 9.47 Å². The van der Waals surface area contributed by atoms with Crippen LogP contribution in [0.15, 0.2) is 18.2 Å². The molecule has 5 nitrogen and oxygen atoms in total. The average Bonchev–Trinajstić information content (AvgIpc) is 2.44. The predicted octanol–water partition coefficient (Wildman–Crippen LogP) is 2.23. The molecule has 0 aliphatic heterocycles. The maximum absolute atomic E-state index is 11.8. The summed E-state index contributed by atoms with van der Waals surface area (Å²) in [5, 5.41) is 0. The Labute approximate surface area is 112 Å². The molecule has 19 heavy (non-hydrogen) atoms. The van der Waals surface area contributed by atoms with Crippen LogP contribution in [0.3, 0.4) is 0 Å². The highest BCUT2D eigenvalue weighted by Crippen LogP contribution is 2.28. The highest BCUT2D eigenvalue weighted by molar-refractivity contribution is 6.40. The molecule has 1 rings (SSSR count). The molecule has 0 heterocycles. The Bertz CT molecular complexity index is 453. The number of benzene rings is 1. The Morgan fingerprint density at radius 1 is 1.16 bits per heavy atom. The number of methoxy groups -OCH3 is 1. The minimum absolute atomic E-state index is 0.167. The maximum atomic E-state index is 11.8. The van der Waals surface area contributed by atoms with E-state index in [-0.39, 0.29) is 12.2 Å². The zero-order valence-electron chi connectivity index (χ0n) is 11.4. The minimum atomic E-state index is -0.867. The lowest BCUT2D eigenvalue weighted by Gasteiger charge is -2.11. The van der Waals surface area contributed by atoms with Crippen LogP contribution in [0.2, 0.25) is 0 Å². The Morgan fingerprint density at radius 3 is 2.47 bits per heavy atom. The van der Waals surface area contributed by atoms with Gasteiger partial charge in [0.15, 0.2) is 11.5 Å². The number of rotatable bonds is 7. The van der Waals surface area contributed by atoms with Crippen LogP contribution in [-0.2, 0) is 9.53 Å². The Balaban J connectivity index is 2.96. The summed E-state index contributed by atoms with van der Waals surface area (Å²) in [6.45, 7) is 4.29. The quantitative estimate of drug-likeness (QED) is 0.430. The van der Waals surface area contributed by atoms with Gasteiger partial charge in [0.25, 0.3) is 5.78 Å². The molecule has 1 aromatic rings. The van der Waals surface area contributed by atoms with Crippen LogP contribution in [0, 0.1) is 0 Å². The standard InChI is InChI=1S/C14H18O5/c1-4-8-19-12-9-10(6-7-11(12)17-3)13(15)14(16)18-5-2/h6-7,9H,4-5,8H2,1-3H3. The first kappa shape index (κ1) is 15.0. The predicted molar refractivity (Wildman–Crippen MR) is 69.7 cm³/mol. The van der Waals surface area contributed by atoms with Crippen LogP contribution in [0.1, 0.15) is 30.6 Å². The summed E-state index contributed by atoms with van der Waals surface area (Å²) < 4.78 is 15.3. The molecule has 0 aliphatic rings. The molecule has 0 unspecified atom stereocenters. The normalized spacial score (nSPS) is 9.84. The molecule has 0 N–H and O–H groups in total. The number of esters is 1. The summed E-state index contributed by atoms with van der Waals surface area (Å²) >= 11 is 0. The van der Waals surface area contributed by atoms with Crippen molar-refractivity contribution in [2.24, 2.45) is 0 Å². The average molecular weight is 266 g/mol. The fourth-order valence-corrected chi connectivity index (χ4v) is 1.46. The maximum Gasteiger partial charge on any atom is 0.379 e. The lowest BCUT2D eigenvalue weighted by molar-refractivity contribution is -0.137. The van der Waals surface area contributed by atoms with E-state index in [1.54, 1.807) is 13.0 Å². The first-order valence-electron chi connectivity index (χ1n) is 6.16. The van der Waals surface area contributed by atoms with Crippen molar-refractivity contribution >= 4 is 11.8 Å². The molecule has 0 aliphatic carbocycles. The lowest BCUT2D eigenvalue weighted by Crippen LogP contribution is -2.17. The molecule has 0 fully saturated rings. The molecule has 0 amide bonds. The molecule has 104 valence electrons. The van der Waals surface area contributed by atoms with E-state index in [2.05, 4.69) is 4.74 Å². The van der Waals surface area contributed by atoms with Gasteiger partial charge in [-0.1, -0.05) is 6.92 Å². The Morgan fingerprint density at radius 2 is 1.89 bits per heavy atom. The van der Waals surface area contributed by atoms with E-state index < -0.39 is 11.8 Å². The lowest BCUT2D eigenvalue weighted by atomic mass is 10.1. The SMILES string of the molecule is CCCOc1cc(C(=O)C(=O)OCC)ccc1OC. The van der Waals surface area contributed by atoms with Crippen LogP contribution in [0.4, 0.5) is 0 Å². The van der Waals surface area contributed by atoms with Gasteiger partial charge >= 0.3 is 5.97 Å². The van der Waals surface area contributed by atoms with Crippen LogP contribution in [-0.4, -0.2) is 32.1 Å². The summed E-state index contributed by atoms with van der Waals surface area (Å²) in [5.41, 5.74) is 0.227. The van der Waals surface area contributed by atoms with Gasteiger partial charge in [0.1, 0.15) is 0 Å². The van der Waals surface area contributed by atoms with Gasteiger partial charge < -0.3 is 14.2 Å². The molecule has 5 heteroatoms. The highest BCUT2D eigenvalue weighted by Gasteiger charge is 2.19. The summed E-state index contributed by atoms with van der Waals surface area (Å²) in [4.78, 5) is 23.2. The number of carbonyl (C=O) groups excluding carboxylic acids is 2. The van der Waals surface area contributed by atoms with E-state index in [0.29, 0.717) is 18.1 Å². The first-order chi connectivity index (χ1) is 9.13. The second-order valence-electron chi connectivity index (χ2n) is 3.76. The van der Waals surface area contributed by atoms with Gasteiger partial charge in [-0.3, -0.25) is 4.79 Å². The van der Waals surface area contributed by atoms with E-state index in [1.165, 1.54) is 19.2 Å². The number of Topliss-reactive ketones (excluding diaryl/α,β-unsaturated/α-hetero) is 1. The van der Waals surface area contributed by atoms with Gasteiger partial charge in [-0.15, -0.1) is 0 Å². The van der Waals surface area contributed by atoms with Crippen molar-refractivity contribution in [1.82, 2.24) is 0 Å². The van der Waals surface area contributed by atoms with Gasteiger partial charge in [-0.25, -0.2) is 4.79 Å². The number of ketones is 1. The van der Waals surface area contributed by atoms with Gasteiger partial charge in [0.05, 0.1) is 20.3 Å². The largest absolute Gasteiger partial charge is 0.493 e. The molecule has 0 atom stereocenters. The van der Waals surface area contributed by atoms with E-state index in [9.17, 15) is 9.59 Å². The summed E-state index contributed by atoms with van der Waals surface area (Å²) in [6.07, 6.45) is 0.833. The van der Waals surface area contributed by atoms with E-state index in [0.717, 1.165) is 6.42 Å². The zero-order chi connectivity index (χ0) is 14.3.